The molecular weight excluding hydrogens is 516 g/mol. The molecule has 1 fully saturated rings. The Balaban J connectivity index is 1.16. The molecule has 0 bridgehead atoms. The molecule has 2 aliphatic rings. The number of nitrogens with one attached hydrogen (secondary N) is 1. The highest BCUT2D eigenvalue weighted by Crippen LogP contribution is 2.38. The quantitative estimate of drug-likeness (QED) is 0.443. The second kappa shape index (κ2) is 9.94. The zero-order valence-corrected chi connectivity index (χ0v) is 20.1. The van der Waals surface area contributed by atoms with Crippen LogP contribution in [0.25, 0.3) is 11.3 Å². The second-order valence-electron chi connectivity index (χ2n) is 9.32. The molecule has 1 saturated carbocycles. The standard InChI is InChI=1S/C25H23ClF4N4O3/c26-18-7-17-21(35)9-23(37-22(17)8-19(18)27)24(36)33-15-2-4-16(5-3-15)34-12-13(10-32-34)20-6-1-14(11-31-20)25(28,29)30/h1,6-8,10-12,15-16,21,23,35H,2-5,9H2,(H,33,36)/t15?,16?,21-,23-/m1/s1. The van der Waals surface area contributed by atoms with E-state index in [1.807, 2.05) is 0 Å². The molecule has 12 heteroatoms. The molecule has 37 heavy (non-hydrogen) atoms. The van der Waals surface area contributed by atoms with Crippen LogP contribution in [0.5, 0.6) is 5.75 Å². The van der Waals surface area contributed by atoms with Gasteiger partial charge in [0.15, 0.2) is 6.10 Å². The Kier molecular flexibility index (Phi) is 6.84. The number of aliphatic hydroxyl groups excluding tert-OH is 1. The van der Waals surface area contributed by atoms with Gasteiger partial charge >= 0.3 is 6.18 Å². The predicted molar refractivity (Wildman–Crippen MR) is 125 cm³/mol. The fourth-order valence-electron chi connectivity index (χ4n) is 4.78. The fourth-order valence-corrected chi connectivity index (χ4v) is 4.95. The number of alkyl halides is 3. The SMILES string of the molecule is O=C(NC1CCC(n2cc(-c3ccc(C(F)(F)F)cn3)cn2)CC1)[C@H]1C[C@@H](O)c2cc(Cl)c(F)cc2O1. The first kappa shape index (κ1) is 25.5. The predicted octanol–water partition coefficient (Wildman–Crippen LogP) is 5.24. The second-order valence-corrected chi connectivity index (χ2v) is 9.72. The lowest BCUT2D eigenvalue weighted by Crippen LogP contribution is -2.46. The van der Waals surface area contributed by atoms with Crippen molar-refractivity contribution in [3.8, 4) is 17.0 Å². The Bertz CT molecular complexity index is 1290. The number of pyridine rings is 1. The third kappa shape index (κ3) is 5.42. The summed E-state index contributed by atoms with van der Waals surface area (Å²) in [4.78, 5) is 16.7. The van der Waals surface area contributed by atoms with Crippen LogP contribution in [0.15, 0.2) is 42.9 Å². The smallest absolute Gasteiger partial charge is 0.417 e. The van der Waals surface area contributed by atoms with Crippen molar-refractivity contribution in [3.63, 3.8) is 0 Å². The molecule has 0 unspecified atom stereocenters. The fraction of sp³-hybridized carbons (Fsp3) is 0.400. The first-order valence-corrected chi connectivity index (χ1v) is 12.2. The summed E-state index contributed by atoms with van der Waals surface area (Å²) in [6.45, 7) is 0. The van der Waals surface area contributed by atoms with Crippen LogP contribution < -0.4 is 10.1 Å². The maximum atomic E-state index is 13.8. The number of fused-ring (bicyclic) bond motifs is 1. The number of amides is 1. The summed E-state index contributed by atoms with van der Waals surface area (Å²) in [6.07, 6.45) is 0.600. The van der Waals surface area contributed by atoms with E-state index in [0.717, 1.165) is 31.2 Å². The Morgan fingerprint density at radius 2 is 1.92 bits per heavy atom. The molecule has 0 saturated heterocycles. The van der Waals surface area contributed by atoms with Gasteiger partial charge in [0.1, 0.15) is 11.6 Å². The Hall–Kier alpha value is -3.18. The number of hydrogen-bond donors (Lipinski definition) is 2. The van der Waals surface area contributed by atoms with Gasteiger partial charge in [-0.05, 0) is 43.9 Å². The van der Waals surface area contributed by atoms with Crippen molar-refractivity contribution in [1.82, 2.24) is 20.1 Å². The van der Waals surface area contributed by atoms with Crippen molar-refractivity contribution >= 4 is 17.5 Å². The van der Waals surface area contributed by atoms with E-state index in [4.69, 9.17) is 16.3 Å². The van der Waals surface area contributed by atoms with Crippen molar-refractivity contribution in [2.24, 2.45) is 0 Å². The molecular formula is C25H23ClF4N4O3. The van der Waals surface area contributed by atoms with E-state index in [-0.39, 0.29) is 35.2 Å². The number of nitrogens with zero attached hydrogens (tertiary/aromatic N) is 3. The monoisotopic (exact) mass is 538 g/mol. The number of aromatic nitrogens is 3. The summed E-state index contributed by atoms with van der Waals surface area (Å²) in [5, 5.41) is 17.6. The van der Waals surface area contributed by atoms with E-state index in [2.05, 4.69) is 15.4 Å². The normalized spacial score (nSPS) is 23.7. The van der Waals surface area contributed by atoms with Crippen LogP contribution in [0.3, 0.4) is 0 Å². The molecule has 1 aliphatic heterocycles. The maximum Gasteiger partial charge on any atom is 0.417 e. The Morgan fingerprint density at radius 1 is 1.16 bits per heavy atom. The molecule has 5 rings (SSSR count). The topological polar surface area (TPSA) is 89.3 Å². The summed E-state index contributed by atoms with van der Waals surface area (Å²) in [7, 11) is 0. The van der Waals surface area contributed by atoms with E-state index in [1.54, 1.807) is 17.1 Å². The molecule has 0 radical (unpaired) electrons. The molecule has 196 valence electrons. The summed E-state index contributed by atoms with van der Waals surface area (Å²) < 4.78 is 59.6. The zero-order valence-electron chi connectivity index (χ0n) is 19.4. The molecule has 2 N–H and O–H groups in total. The number of hydrogen-bond acceptors (Lipinski definition) is 5. The highest BCUT2D eigenvalue weighted by atomic mass is 35.5. The van der Waals surface area contributed by atoms with Crippen molar-refractivity contribution in [3.05, 3.63) is 64.8 Å². The molecule has 0 spiro atoms. The number of benzene rings is 1. The van der Waals surface area contributed by atoms with Gasteiger partial charge in [-0.3, -0.25) is 14.5 Å². The van der Waals surface area contributed by atoms with Gasteiger partial charge in [-0.2, -0.15) is 18.3 Å². The molecule has 3 heterocycles. The van der Waals surface area contributed by atoms with Gasteiger partial charge in [0, 0.05) is 42.0 Å². The lowest BCUT2D eigenvalue weighted by atomic mass is 9.90. The first-order chi connectivity index (χ1) is 17.6. The average molecular weight is 539 g/mol. The molecule has 2 aromatic heterocycles. The average Bonchev–Trinajstić information content (AvgIpc) is 3.35. The van der Waals surface area contributed by atoms with Crippen LogP contribution in [-0.2, 0) is 11.0 Å². The van der Waals surface area contributed by atoms with Gasteiger partial charge in [0.2, 0.25) is 0 Å². The molecule has 2 atom stereocenters. The van der Waals surface area contributed by atoms with Gasteiger partial charge in [-0.25, -0.2) is 4.39 Å². The van der Waals surface area contributed by atoms with E-state index < -0.39 is 29.8 Å². The zero-order chi connectivity index (χ0) is 26.3. The van der Waals surface area contributed by atoms with Crippen molar-refractivity contribution in [2.45, 2.75) is 62.6 Å². The summed E-state index contributed by atoms with van der Waals surface area (Å²) in [6, 6.07) is 4.67. The van der Waals surface area contributed by atoms with Gasteiger partial charge in [0.05, 0.1) is 34.6 Å². The number of halogens is 5. The lowest BCUT2D eigenvalue weighted by molar-refractivity contribution is -0.137. The number of rotatable bonds is 4. The van der Waals surface area contributed by atoms with Crippen LogP contribution in [-0.4, -0.2) is 37.9 Å². The minimum atomic E-state index is -4.44. The van der Waals surface area contributed by atoms with E-state index in [1.165, 1.54) is 12.1 Å². The van der Waals surface area contributed by atoms with Gasteiger partial charge in [-0.15, -0.1) is 0 Å². The molecule has 1 aliphatic carbocycles. The minimum Gasteiger partial charge on any atom is -0.480 e. The summed E-state index contributed by atoms with van der Waals surface area (Å²) in [5.41, 5.74) is 0.563. The van der Waals surface area contributed by atoms with Gasteiger partial charge in [-0.1, -0.05) is 11.6 Å². The molecule has 1 amide bonds. The lowest BCUT2D eigenvalue weighted by Gasteiger charge is -2.32. The van der Waals surface area contributed by atoms with E-state index in [9.17, 15) is 27.5 Å². The number of carbonyl (C=O) groups is 1. The van der Waals surface area contributed by atoms with Crippen LogP contribution in [0, 0.1) is 5.82 Å². The Labute approximate surface area is 214 Å². The van der Waals surface area contributed by atoms with Crippen molar-refractivity contribution < 1.29 is 32.2 Å². The number of ether oxygens (including phenoxy) is 1. The number of carbonyl (C=O) groups excluding carboxylic acids is 1. The molecule has 7 nitrogen and oxygen atoms in total. The highest BCUT2D eigenvalue weighted by Gasteiger charge is 2.35. The summed E-state index contributed by atoms with van der Waals surface area (Å²) in [5.74, 6) is -0.970. The van der Waals surface area contributed by atoms with Crippen LogP contribution in [0.1, 0.15) is 55.4 Å². The van der Waals surface area contributed by atoms with Gasteiger partial charge in [0.25, 0.3) is 5.91 Å². The van der Waals surface area contributed by atoms with Crippen molar-refractivity contribution in [1.29, 1.82) is 0 Å². The van der Waals surface area contributed by atoms with Crippen molar-refractivity contribution in [2.75, 3.05) is 0 Å². The maximum absolute atomic E-state index is 13.8. The third-order valence-corrected chi connectivity index (χ3v) is 7.11. The summed E-state index contributed by atoms with van der Waals surface area (Å²) >= 11 is 5.78. The Morgan fingerprint density at radius 3 is 2.59 bits per heavy atom. The van der Waals surface area contributed by atoms with Gasteiger partial charge < -0.3 is 15.2 Å². The van der Waals surface area contributed by atoms with Crippen LogP contribution in [0.4, 0.5) is 17.6 Å². The molecule has 1 aromatic carbocycles. The first-order valence-electron chi connectivity index (χ1n) is 11.8. The van der Waals surface area contributed by atoms with Crippen LogP contribution in [0.2, 0.25) is 5.02 Å². The highest BCUT2D eigenvalue weighted by molar-refractivity contribution is 6.30. The van der Waals surface area contributed by atoms with E-state index >= 15 is 0 Å². The largest absolute Gasteiger partial charge is 0.480 e. The minimum absolute atomic E-state index is 0.0319. The molecule has 3 aromatic rings. The number of aliphatic hydroxyl groups is 1. The van der Waals surface area contributed by atoms with Crippen LogP contribution >= 0.6 is 11.6 Å². The van der Waals surface area contributed by atoms with E-state index in [0.29, 0.717) is 29.7 Å². The third-order valence-electron chi connectivity index (χ3n) is 6.82.